The van der Waals surface area contributed by atoms with Crippen LogP contribution in [0.1, 0.15) is 29.7 Å². The summed E-state index contributed by atoms with van der Waals surface area (Å²) in [6, 6.07) is 14.6. The number of hydrogen-bond acceptors (Lipinski definition) is 3. The Balaban J connectivity index is 1.49. The molecule has 27 heavy (non-hydrogen) atoms. The molecule has 5 nitrogen and oxygen atoms in total. The number of rotatable bonds is 4. The molecule has 1 N–H and O–H groups in total. The maximum atomic E-state index is 10.9. The quantitative estimate of drug-likeness (QED) is 0.605. The fourth-order valence-corrected chi connectivity index (χ4v) is 4.48. The van der Waals surface area contributed by atoms with Gasteiger partial charge >= 0.3 is 0 Å². The minimum absolute atomic E-state index is 0.445. The van der Waals surface area contributed by atoms with Crippen LogP contribution in [0.3, 0.4) is 0 Å². The molecule has 2 heterocycles. The fraction of sp³-hybridized carbons (Fsp3) is 0.364. The Morgan fingerprint density at radius 3 is 2.81 bits per heavy atom. The summed E-state index contributed by atoms with van der Waals surface area (Å²) in [5.41, 5.74) is 7.26. The van der Waals surface area contributed by atoms with E-state index in [1.807, 2.05) is 28.9 Å². The minimum Gasteiger partial charge on any atom is -0.389 e. The van der Waals surface area contributed by atoms with E-state index < -0.39 is 6.10 Å². The molecule has 0 saturated carbocycles. The number of para-hydroxylation sites is 1. The maximum absolute atomic E-state index is 10.9. The zero-order chi connectivity index (χ0) is 18.4. The number of benzene rings is 2. The molecule has 4 aromatic rings. The second-order valence-electron chi connectivity index (χ2n) is 7.68. The summed E-state index contributed by atoms with van der Waals surface area (Å²) in [6.45, 7) is 3.18. The molecule has 0 unspecified atom stereocenters. The lowest BCUT2D eigenvalue weighted by Crippen LogP contribution is -2.24. The minimum atomic E-state index is -0.516. The average molecular weight is 360 g/mol. The average Bonchev–Trinajstić information content (AvgIpc) is 3.22. The maximum Gasteiger partial charge on any atom is 0.113 e. The molecular formula is C22H24N4O. The molecule has 1 aliphatic carbocycles. The van der Waals surface area contributed by atoms with Crippen LogP contribution < -0.4 is 0 Å². The van der Waals surface area contributed by atoms with Crippen molar-refractivity contribution in [2.24, 2.45) is 0 Å². The van der Waals surface area contributed by atoms with Crippen LogP contribution in [-0.4, -0.2) is 30.8 Å². The topological polar surface area (TPSA) is 55.9 Å². The Hall–Kier alpha value is -2.66. The summed E-state index contributed by atoms with van der Waals surface area (Å²) in [7, 11) is 0. The van der Waals surface area contributed by atoms with Gasteiger partial charge in [0.25, 0.3) is 0 Å². The molecule has 2 aromatic heterocycles. The molecule has 0 radical (unpaired) electrons. The highest BCUT2D eigenvalue weighted by atomic mass is 16.3. The van der Waals surface area contributed by atoms with Gasteiger partial charge in [-0.2, -0.15) is 0 Å². The van der Waals surface area contributed by atoms with Gasteiger partial charge in [0.1, 0.15) is 5.52 Å². The Kier molecular flexibility index (Phi) is 3.97. The van der Waals surface area contributed by atoms with Crippen LogP contribution in [0.25, 0.3) is 21.9 Å². The smallest absolute Gasteiger partial charge is 0.113 e. The predicted octanol–water partition coefficient (Wildman–Crippen LogP) is 3.63. The van der Waals surface area contributed by atoms with E-state index in [2.05, 4.69) is 40.0 Å². The highest BCUT2D eigenvalue weighted by molar-refractivity contribution is 5.86. The fourth-order valence-electron chi connectivity index (χ4n) is 4.48. The number of fused-ring (bicyclic) bond motifs is 4. The predicted molar refractivity (Wildman–Crippen MR) is 107 cm³/mol. The van der Waals surface area contributed by atoms with Crippen molar-refractivity contribution in [3.05, 3.63) is 59.3 Å². The third kappa shape index (κ3) is 2.82. The molecule has 5 heteroatoms. The van der Waals surface area contributed by atoms with Crippen molar-refractivity contribution < 1.29 is 5.11 Å². The molecule has 0 spiro atoms. The van der Waals surface area contributed by atoms with Crippen LogP contribution in [-0.2, 0) is 25.9 Å². The van der Waals surface area contributed by atoms with Crippen LogP contribution in [0.15, 0.2) is 42.5 Å². The van der Waals surface area contributed by atoms with Gasteiger partial charge in [0.15, 0.2) is 0 Å². The Labute approximate surface area is 158 Å². The van der Waals surface area contributed by atoms with Crippen molar-refractivity contribution in [2.45, 2.75) is 51.8 Å². The van der Waals surface area contributed by atoms with E-state index >= 15 is 0 Å². The standard InChI is InChI=1S/C22H24N4O/c1-15-10-11-21-18(12-15)17-6-2-4-8-20(17)25(21)13-16(27)14-26-22-9-5-3-7-19(22)23-24-26/h3,5,7,9-12,16,27H,2,4,6,8,13-14H2,1H3/t16-/m1/s1. The molecule has 0 fully saturated rings. The number of aryl methyl sites for hydroxylation is 2. The summed E-state index contributed by atoms with van der Waals surface area (Å²) in [4.78, 5) is 0. The van der Waals surface area contributed by atoms with Crippen LogP contribution in [0, 0.1) is 6.92 Å². The second kappa shape index (κ2) is 6.50. The van der Waals surface area contributed by atoms with Gasteiger partial charge in [0, 0.05) is 16.6 Å². The molecule has 0 aliphatic heterocycles. The molecule has 138 valence electrons. The van der Waals surface area contributed by atoms with Crippen molar-refractivity contribution >= 4 is 21.9 Å². The van der Waals surface area contributed by atoms with Crippen molar-refractivity contribution in [1.82, 2.24) is 19.6 Å². The molecule has 5 rings (SSSR count). The van der Waals surface area contributed by atoms with E-state index in [0.717, 1.165) is 23.9 Å². The summed E-state index contributed by atoms with van der Waals surface area (Å²) < 4.78 is 4.15. The van der Waals surface area contributed by atoms with E-state index in [9.17, 15) is 5.11 Å². The van der Waals surface area contributed by atoms with Crippen molar-refractivity contribution in [3.8, 4) is 0 Å². The molecule has 0 amide bonds. The number of nitrogens with zero attached hydrogens (tertiary/aromatic N) is 4. The Morgan fingerprint density at radius 2 is 1.89 bits per heavy atom. The molecule has 1 aliphatic rings. The van der Waals surface area contributed by atoms with E-state index in [4.69, 9.17) is 0 Å². The van der Waals surface area contributed by atoms with Gasteiger partial charge in [-0.1, -0.05) is 29.0 Å². The zero-order valence-electron chi connectivity index (χ0n) is 15.6. The van der Waals surface area contributed by atoms with E-state index in [-0.39, 0.29) is 0 Å². The molecule has 1 atom stereocenters. The lowest BCUT2D eigenvalue weighted by Gasteiger charge is -2.19. The summed E-state index contributed by atoms with van der Waals surface area (Å²) in [5, 5.41) is 20.6. The van der Waals surface area contributed by atoms with E-state index in [1.165, 1.54) is 40.6 Å². The monoisotopic (exact) mass is 360 g/mol. The van der Waals surface area contributed by atoms with Gasteiger partial charge < -0.3 is 9.67 Å². The number of aliphatic hydroxyl groups excluding tert-OH is 1. The third-order valence-electron chi connectivity index (χ3n) is 5.73. The van der Waals surface area contributed by atoms with Crippen LogP contribution >= 0.6 is 0 Å². The van der Waals surface area contributed by atoms with Crippen LogP contribution in [0.5, 0.6) is 0 Å². The van der Waals surface area contributed by atoms with Gasteiger partial charge in [-0.15, -0.1) is 5.10 Å². The van der Waals surface area contributed by atoms with Gasteiger partial charge in [-0.3, -0.25) is 0 Å². The Morgan fingerprint density at radius 1 is 1.04 bits per heavy atom. The molecule has 2 aromatic carbocycles. The van der Waals surface area contributed by atoms with Crippen LogP contribution in [0.2, 0.25) is 0 Å². The first kappa shape index (κ1) is 16.5. The highest BCUT2D eigenvalue weighted by Crippen LogP contribution is 2.33. The molecular weight excluding hydrogens is 336 g/mol. The first-order valence-electron chi connectivity index (χ1n) is 9.77. The van der Waals surface area contributed by atoms with E-state index in [1.54, 1.807) is 0 Å². The van der Waals surface area contributed by atoms with E-state index in [0.29, 0.717) is 13.1 Å². The Bertz CT molecular complexity index is 1120. The number of hydrogen-bond donors (Lipinski definition) is 1. The van der Waals surface area contributed by atoms with Gasteiger partial charge in [0.05, 0.1) is 24.7 Å². The lowest BCUT2D eigenvalue weighted by molar-refractivity contribution is 0.131. The van der Waals surface area contributed by atoms with Crippen molar-refractivity contribution in [3.63, 3.8) is 0 Å². The van der Waals surface area contributed by atoms with Gasteiger partial charge in [0.2, 0.25) is 0 Å². The highest BCUT2D eigenvalue weighted by Gasteiger charge is 2.22. The van der Waals surface area contributed by atoms with Crippen molar-refractivity contribution in [1.29, 1.82) is 0 Å². The largest absolute Gasteiger partial charge is 0.389 e. The SMILES string of the molecule is Cc1ccc2c(c1)c1c(n2C[C@@H](O)Cn2nnc3ccccc32)CCCC1. The van der Waals surface area contributed by atoms with Crippen molar-refractivity contribution in [2.75, 3.05) is 0 Å². The third-order valence-corrected chi connectivity index (χ3v) is 5.73. The summed E-state index contributed by atoms with van der Waals surface area (Å²) in [6.07, 6.45) is 4.21. The lowest BCUT2D eigenvalue weighted by atomic mass is 9.95. The normalized spacial score (nSPS) is 15.3. The summed E-state index contributed by atoms with van der Waals surface area (Å²) in [5.74, 6) is 0. The van der Waals surface area contributed by atoms with Gasteiger partial charge in [-0.05, 0) is 62.4 Å². The van der Waals surface area contributed by atoms with Crippen LogP contribution in [0.4, 0.5) is 0 Å². The molecule has 0 saturated heterocycles. The summed E-state index contributed by atoms with van der Waals surface area (Å²) >= 11 is 0. The number of aromatic nitrogens is 4. The first-order chi connectivity index (χ1) is 13.2. The zero-order valence-corrected chi connectivity index (χ0v) is 15.6. The first-order valence-corrected chi connectivity index (χ1v) is 9.77. The number of aliphatic hydroxyl groups is 1. The van der Waals surface area contributed by atoms with Gasteiger partial charge in [-0.25, -0.2) is 4.68 Å². The second-order valence-corrected chi connectivity index (χ2v) is 7.68. The molecule has 0 bridgehead atoms.